The smallest absolute Gasteiger partial charge is 0.248 e. The van der Waals surface area contributed by atoms with Gasteiger partial charge in [0.25, 0.3) is 0 Å². The third-order valence-corrected chi connectivity index (χ3v) is 7.64. The van der Waals surface area contributed by atoms with Crippen molar-refractivity contribution in [3.63, 3.8) is 0 Å². The Hall–Kier alpha value is -3.93. The van der Waals surface area contributed by atoms with E-state index in [0.29, 0.717) is 50.3 Å². The average Bonchev–Trinajstić information content (AvgIpc) is 3.38. The topological polar surface area (TPSA) is 137 Å². The summed E-state index contributed by atoms with van der Waals surface area (Å²) in [5.74, 6) is 1.39. The van der Waals surface area contributed by atoms with Gasteiger partial charge in [0.05, 0.1) is 25.1 Å². The first-order chi connectivity index (χ1) is 18.2. The molecule has 1 aliphatic heterocycles. The molecule has 0 saturated carbocycles. The van der Waals surface area contributed by atoms with Crippen LogP contribution in [-0.4, -0.2) is 62.5 Å². The Morgan fingerprint density at radius 2 is 1.97 bits per heavy atom. The predicted molar refractivity (Wildman–Crippen MR) is 147 cm³/mol. The molecule has 1 saturated heterocycles. The molecule has 198 valence electrons. The Labute approximate surface area is 227 Å². The van der Waals surface area contributed by atoms with Gasteiger partial charge in [0.2, 0.25) is 11.8 Å². The van der Waals surface area contributed by atoms with Gasteiger partial charge in [-0.05, 0) is 53.4 Å². The molecule has 1 aromatic carbocycles. The molecule has 4 heterocycles. The number of halogens is 1. The van der Waals surface area contributed by atoms with Crippen LogP contribution >= 0.6 is 15.9 Å². The standard InChI is InChI=1S/C26H28BrN7O4/c1-13-8-17(26(36)32-20-7-5-6-19(27)31-20)34(14(13)2)21(35)11-33-23-16(9-15(37-3)10-18(23)38-4)22-24(28)29-12-30-25(22)33/h5-7,9-10,12-14,17H,8,11H2,1-4H3,(H2,28,29,30)(H,31,32,36)/t13-,14-,17+/m1/s1. The zero-order valence-corrected chi connectivity index (χ0v) is 23.0. The number of nitrogens with two attached hydrogens (primary N) is 1. The van der Waals surface area contributed by atoms with E-state index in [1.165, 1.54) is 6.33 Å². The first-order valence-electron chi connectivity index (χ1n) is 12.1. The number of nitrogen functional groups attached to an aromatic ring is 1. The van der Waals surface area contributed by atoms with E-state index in [-0.39, 0.29) is 36.1 Å². The maximum absolute atomic E-state index is 13.9. The van der Waals surface area contributed by atoms with Crippen molar-refractivity contribution in [2.75, 3.05) is 25.3 Å². The number of nitrogens with one attached hydrogen (secondary N) is 1. The second-order valence-electron chi connectivity index (χ2n) is 9.37. The molecule has 0 radical (unpaired) electrons. The molecule has 0 spiro atoms. The van der Waals surface area contributed by atoms with E-state index in [9.17, 15) is 9.59 Å². The molecule has 3 aromatic heterocycles. The van der Waals surface area contributed by atoms with Gasteiger partial charge in [0, 0.05) is 17.5 Å². The van der Waals surface area contributed by atoms with Crippen molar-refractivity contribution in [3.05, 3.63) is 41.3 Å². The predicted octanol–water partition coefficient (Wildman–Crippen LogP) is 3.61. The number of amides is 2. The summed E-state index contributed by atoms with van der Waals surface area (Å²) in [5, 5.41) is 4.17. The highest BCUT2D eigenvalue weighted by atomic mass is 79.9. The van der Waals surface area contributed by atoms with Crippen LogP contribution in [0.1, 0.15) is 20.3 Å². The lowest BCUT2D eigenvalue weighted by atomic mass is 10.0. The number of carbonyl (C=O) groups excluding carboxylic acids is 2. The van der Waals surface area contributed by atoms with Crippen LogP contribution in [0.25, 0.3) is 21.9 Å². The maximum atomic E-state index is 13.9. The number of hydrogen-bond donors (Lipinski definition) is 2. The van der Waals surface area contributed by atoms with Gasteiger partial charge < -0.3 is 30.0 Å². The van der Waals surface area contributed by atoms with Crippen LogP contribution in [0.2, 0.25) is 0 Å². The van der Waals surface area contributed by atoms with Gasteiger partial charge in [0.15, 0.2) is 0 Å². The average molecular weight is 582 g/mol. The minimum atomic E-state index is -0.650. The lowest BCUT2D eigenvalue weighted by Crippen LogP contribution is -2.47. The van der Waals surface area contributed by atoms with Crippen LogP contribution < -0.4 is 20.5 Å². The fourth-order valence-corrected chi connectivity index (χ4v) is 5.54. The van der Waals surface area contributed by atoms with Gasteiger partial charge in [-0.25, -0.2) is 15.0 Å². The summed E-state index contributed by atoms with van der Waals surface area (Å²) in [6.07, 6.45) is 1.90. The van der Waals surface area contributed by atoms with Crippen molar-refractivity contribution in [1.29, 1.82) is 0 Å². The summed E-state index contributed by atoms with van der Waals surface area (Å²) in [6, 6.07) is 8.03. The van der Waals surface area contributed by atoms with Crippen LogP contribution in [0.15, 0.2) is 41.3 Å². The minimum absolute atomic E-state index is 0.0743. The Morgan fingerprint density at radius 1 is 1.18 bits per heavy atom. The molecule has 0 bridgehead atoms. The van der Waals surface area contributed by atoms with Crippen LogP contribution in [0, 0.1) is 5.92 Å². The zero-order valence-electron chi connectivity index (χ0n) is 21.4. The third-order valence-electron chi connectivity index (χ3n) is 7.20. The second-order valence-corrected chi connectivity index (χ2v) is 10.2. The van der Waals surface area contributed by atoms with Gasteiger partial charge in [-0.1, -0.05) is 13.0 Å². The SMILES string of the molecule is COc1cc(OC)c2c(c1)c1c(N)ncnc1n2CC(=O)N1[C@H](C)[C@H](C)C[C@H]1C(=O)Nc1cccc(Br)n1. The number of fused-ring (bicyclic) bond motifs is 3. The van der Waals surface area contributed by atoms with Crippen LogP contribution in [0.4, 0.5) is 11.6 Å². The number of anilines is 2. The van der Waals surface area contributed by atoms with E-state index in [1.54, 1.807) is 48.0 Å². The Balaban J connectivity index is 1.55. The molecule has 3 atom stereocenters. The summed E-state index contributed by atoms with van der Waals surface area (Å²) >= 11 is 3.32. The third kappa shape index (κ3) is 4.38. The number of hydrogen-bond acceptors (Lipinski definition) is 8. The van der Waals surface area contributed by atoms with Gasteiger partial charge >= 0.3 is 0 Å². The fraction of sp³-hybridized carbons (Fsp3) is 0.346. The van der Waals surface area contributed by atoms with Gasteiger partial charge in [0.1, 0.15) is 52.3 Å². The maximum Gasteiger partial charge on any atom is 0.248 e. The molecule has 38 heavy (non-hydrogen) atoms. The summed E-state index contributed by atoms with van der Waals surface area (Å²) in [6.45, 7) is 3.93. The molecule has 3 N–H and O–H groups in total. The van der Waals surface area contributed by atoms with E-state index < -0.39 is 6.04 Å². The number of carbonyl (C=O) groups is 2. The molecule has 11 nitrogen and oxygen atoms in total. The molecule has 4 aromatic rings. The summed E-state index contributed by atoms with van der Waals surface area (Å²) in [4.78, 5) is 41.8. The number of benzene rings is 1. The highest BCUT2D eigenvalue weighted by molar-refractivity contribution is 9.10. The molecule has 0 aliphatic carbocycles. The van der Waals surface area contributed by atoms with E-state index >= 15 is 0 Å². The monoisotopic (exact) mass is 581 g/mol. The lowest BCUT2D eigenvalue weighted by Gasteiger charge is -2.29. The Bertz CT molecular complexity index is 1560. The molecule has 1 fully saturated rings. The highest BCUT2D eigenvalue weighted by Crippen LogP contribution is 2.40. The lowest BCUT2D eigenvalue weighted by molar-refractivity contribution is -0.139. The number of likely N-dealkylation sites (tertiary alicyclic amines) is 1. The van der Waals surface area contributed by atoms with Crippen molar-refractivity contribution in [1.82, 2.24) is 24.4 Å². The summed E-state index contributed by atoms with van der Waals surface area (Å²) in [7, 11) is 3.11. The molecule has 12 heteroatoms. The van der Waals surface area contributed by atoms with Crippen LogP contribution in [-0.2, 0) is 16.1 Å². The number of ether oxygens (including phenoxy) is 2. The van der Waals surface area contributed by atoms with Crippen molar-refractivity contribution in [3.8, 4) is 11.5 Å². The zero-order chi connectivity index (χ0) is 27.1. The normalized spacial score (nSPS) is 19.2. The highest BCUT2D eigenvalue weighted by Gasteiger charge is 2.43. The first-order valence-corrected chi connectivity index (χ1v) is 12.9. The largest absolute Gasteiger partial charge is 0.497 e. The molecule has 5 rings (SSSR count). The van der Waals surface area contributed by atoms with E-state index in [0.717, 1.165) is 0 Å². The fourth-order valence-electron chi connectivity index (χ4n) is 5.20. The number of rotatable bonds is 6. The first kappa shape index (κ1) is 25.7. The van der Waals surface area contributed by atoms with Crippen molar-refractivity contribution in [2.45, 2.75) is 38.9 Å². The molecule has 1 aliphatic rings. The van der Waals surface area contributed by atoms with Crippen molar-refractivity contribution >= 4 is 61.3 Å². The summed E-state index contributed by atoms with van der Waals surface area (Å²) < 4.78 is 13.5. The quantitative estimate of drug-likeness (QED) is 0.329. The summed E-state index contributed by atoms with van der Waals surface area (Å²) in [5.41, 5.74) is 7.39. The molecule has 2 amide bonds. The number of aromatic nitrogens is 4. The van der Waals surface area contributed by atoms with Crippen LogP contribution in [0.3, 0.4) is 0 Å². The second kappa shape index (κ2) is 10.1. The van der Waals surface area contributed by atoms with Gasteiger partial charge in [-0.15, -0.1) is 0 Å². The van der Waals surface area contributed by atoms with E-state index in [1.807, 2.05) is 19.9 Å². The Morgan fingerprint density at radius 3 is 2.68 bits per heavy atom. The molecular formula is C26H28BrN7O4. The van der Waals surface area contributed by atoms with Crippen molar-refractivity contribution < 1.29 is 19.1 Å². The molecule has 0 unspecified atom stereocenters. The number of nitrogens with zero attached hydrogens (tertiary/aromatic N) is 5. The van der Waals surface area contributed by atoms with Gasteiger partial charge in [-0.3, -0.25) is 9.59 Å². The molecular weight excluding hydrogens is 554 g/mol. The van der Waals surface area contributed by atoms with Crippen molar-refractivity contribution in [2.24, 2.45) is 5.92 Å². The number of pyridine rings is 1. The Kier molecular flexibility index (Phi) is 6.82. The minimum Gasteiger partial charge on any atom is -0.497 e. The van der Waals surface area contributed by atoms with Gasteiger partial charge in [-0.2, -0.15) is 0 Å². The van der Waals surface area contributed by atoms with E-state index in [4.69, 9.17) is 15.2 Å². The number of methoxy groups -OCH3 is 2. The van der Waals surface area contributed by atoms with Crippen LogP contribution in [0.5, 0.6) is 11.5 Å². The van der Waals surface area contributed by atoms with E-state index in [2.05, 4.69) is 36.2 Å².